The van der Waals surface area contributed by atoms with E-state index in [0.29, 0.717) is 5.78 Å². The maximum Gasteiger partial charge on any atom is 0.140 e. The molecule has 0 bridgehead atoms. The zero-order valence-electron chi connectivity index (χ0n) is 13.0. The first-order valence-electron chi connectivity index (χ1n) is 6.87. The molecule has 1 heteroatoms. The minimum Gasteiger partial charge on any atom is -0.299 e. The Hall–Kier alpha value is -0.330. The number of ketones is 1. The summed E-state index contributed by atoms with van der Waals surface area (Å²) in [5.74, 6) is 0.456. The van der Waals surface area contributed by atoms with E-state index in [1.54, 1.807) is 0 Å². The zero-order valence-corrected chi connectivity index (χ0v) is 13.0. The minimum atomic E-state index is -0.228. The summed E-state index contributed by atoms with van der Waals surface area (Å²) in [6.07, 6.45) is 3.01. The van der Waals surface area contributed by atoms with Gasteiger partial charge in [-0.1, -0.05) is 55.4 Å². The average molecular weight is 238 g/mol. The predicted molar refractivity (Wildman–Crippen MR) is 74.0 cm³/mol. The molecule has 0 radical (unpaired) electrons. The molecule has 1 saturated carbocycles. The van der Waals surface area contributed by atoms with E-state index in [1.165, 1.54) is 0 Å². The van der Waals surface area contributed by atoms with Gasteiger partial charge in [0.1, 0.15) is 5.78 Å². The molecule has 0 N–H and O–H groups in total. The SMILES string of the molecule is CC1(C)CCC(C)(C)C(C)(C(C)(C)C)C(=O)C1. The molecule has 100 valence electrons. The van der Waals surface area contributed by atoms with Crippen LogP contribution in [0.3, 0.4) is 0 Å². The lowest BCUT2D eigenvalue weighted by atomic mass is 9.52. The molecule has 1 aliphatic carbocycles. The van der Waals surface area contributed by atoms with E-state index in [1.807, 2.05) is 0 Å². The highest BCUT2D eigenvalue weighted by atomic mass is 16.1. The van der Waals surface area contributed by atoms with E-state index in [9.17, 15) is 4.79 Å². The first kappa shape index (κ1) is 14.7. The van der Waals surface area contributed by atoms with Gasteiger partial charge in [-0.2, -0.15) is 0 Å². The lowest BCUT2D eigenvalue weighted by Crippen LogP contribution is -2.50. The topological polar surface area (TPSA) is 17.1 Å². The molecule has 0 spiro atoms. The number of hydrogen-bond donors (Lipinski definition) is 0. The maximum atomic E-state index is 12.8. The third-order valence-corrected chi connectivity index (χ3v) is 5.48. The highest BCUT2D eigenvalue weighted by Crippen LogP contribution is 2.58. The maximum absolute atomic E-state index is 12.8. The van der Waals surface area contributed by atoms with Crippen LogP contribution in [0.1, 0.15) is 74.7 Å². The van der Waals surface area contributed by atoms with Crippen molar-refractivity contribution in [3.8, 4) is 0 Å². The predicted octanol–water partition coefficient (Wildman–Crippen LogP) is 4.84. The Kier molecular flexibility index (Phi) is 3.32. The van der Waals surface area contributed by atoms with Crippen molar-refractivity contribution in [1.82, 2.24) is 0 Å². The molecule has 1 fully saturated rings. The molecular formula is C16H30O. The molecule has 0 aromatic rings. The summed E-state index contributed by atoms with van der Waals surface area (Å²) in [6.45, 7) is 17.8. The van der Waals surface area contributed by atoms with Gasteiger partial charge in [-0.25, -0.2) is 0 Å². The summed E-state index contributed by atoms with van der Waals surface area (Å²) in [7, 11) is 0. The van der Waals surface area contributed by atoms with Crippen LogP contribution in [-0.4, -0.2) is 5.78 Å². The van der Waals surface area contributed by atoms with Crippen molar-refractivity contribution in [2.24, 2.45) is 21.7 Å². The Morgan fingerprint density at radius 1 is 0.941 bits per heavy atom. The van der Waals surface area contributed by atoms with E-state index in [2.05, 4.69) is 55.4 Å². The lowest BCUT2D eigenvalue weighted by Gasteiger charge is -2.51. The molecule has 0 saturated heterocycles. The lowest BCUT2D eigenvalue weighted by molar-refractivity contribution is -0.144. The molecule has 0 amide bonds. The van der Waals surface area contributed by atoms with Crippen LogP contribution in [0.5, 0.6) is 0 Å². The first-order valence-corrected chi connectivity index (χ1v) is 6.87. The van der Waals surface area contributed by atoms with Crippen molar-refractivity contribution in [3.05, 3.63) is 0 Å². The summed E-state index contributed by atoms with van der Waals surface area (Å²) < 4.78 is 0. The highest BCUT2D eigenvalue weighted by Gasteiger charge is 2.56. The molecule has 0 aliphatic heterocycles. The van der Waals surface area contributed by atoms with Crippen LogP contribution < -0.4 is 0 Å². The van der Waals surface area contributed by atoms with E-state index in [4.69, 9.17) is 0 Å². The van der Waals surface area contributed by atoms with Crippen LogP contribution in [0.25, 0.3) is 0 Å². The second-order valence-corrected chi connectivity index (χ2v) is 8.52. The van der Waals surface area contributed by atoms with E-state index in [-0.39, 0.29) is 21.7 Å². The molecule has 1 nitrogen and oxygen atoms in total. The van der Waals surface area contributed by atoms with Crippen molar-refractivity contribution < 1.29 is 4.79 Å². The third-order valence-electron chi connectivity index (χ3n) is 5.48. The second-order valence-electron chi connectivity index (χ2n) is 8.52. The molecule has 0 heterocycles. The van der Waals surface area contributed by atoms with Gasteiger partial charge in [-0.3, -0.25) is 4.79 Å². The molecule has 1 rings (SSSR count). The summed E-state index contributed by atoms with van der Waals surface area (Å²) in [4.78, 5) is 12.8. The fraction of sp³-hybridized carbons (Fsp3) is 0.938. The molecule has 0 aromatic carbocycles. The monoisotopic (exact) mass is 238 g/mol. The summed E-state index contributed by atoms with van der Waals surface area (Å²) >= 11 is 0. The molecule has 1 unspecified atom stereocenters. The van der Waals surface area contributed by atoms with Crippen LogP contribution in [0.2, 0.25) is 0 Å². The van der Waals surface area contributed by atoms with E-state index < -0.39 is 0 Å². The number of carbonyl (C=O) groups is 1. The quantitative estimate of drug-likeness (QED) is 0.552. The average Bonchev–Trinajstić information content (AvgIpc) is 2.15. The minimum absolute atomic E-state index is 0.0218. The van der Waals surface area contributed by atoms with Gasteiger partial charge in [0.2, 0.25) is 0 Å². The van der Waals surface area contributed by atoms with Gasteiger partial charge in [0, 0.05) is 11.8 Å². The normalized spacial score (nSPS) is 33.3. The zero-order chi connectivity index (χ0) is 13.7. The van der Waals surface area contributed by atoms with Crippen molar-refractivity contribution in [3.63, 3.8) is 0 Å². The highest BCUT2D eigenvalue weighted by molar-refractivity contribution is 5.87. The van der Waals surface area contributed by atoms with Crippen LogP contribution in [0.4, 0.5) is 0 Å². The van der Waals surface area contributed by atoms with Crippen molar-refractivity contribution in [2.75, 3.05) is 0 Å². The van der Waals surface area contributed by atoms with Gasteiger partial charge in [0.15, 0.2) is 0 Å². The van der Waals surface area contributed by atoms with Gasteiger partial charge >= 0.3 is 0 Å². The number of carbonyl (C=O) groups excluding carboxylic acids is 1. The fourth-order valence-electron chi connectivity index (χ4n) is 3.41. The van der Waals surface area contributed by atoms with Gasteiger partial charge in [-0.15, -0.1) is 0 Å². The largest absolute Gasteiger partial charge is 0.299 e. The molecule has 17 heavy (non-hydrogen) atoms. The first-order chi connectivity index (χ1) is 7.33. The van der Waals surface area contributed by atoms with Crippen LogP contribution in [0, 0.1) is 21.7 Å². The Morgan fingerprint density at radius 3 is 1.82 bits per heavy atom. The van der Waals surface area contributed by atoms with E-state index in [0.717, 1.165) is 19.3 Å². The fourth-order valence-corrected chi connectivity index (χ4v) is 3.41. The molecule has 0 aromatic heterocycles. The third kappa shape index (κ3) is 2.30. The Labute approximate surface area is 107 Å². The standard InChI is InChI=1S/C16H30O/c1-13(2,3)16(8)12(17)11-14(4,5)9-10-15(16,6)7/h9-11H2,1-8H3. The summed E-state index contributed by atoms with van der Waals surface area (Å²) in [5.41, 5.74) is 0.0369. The van der Waals surface area contributed by atoms with Gasteiger partial charge in [0.05, 0.1) is 0 Å². The Morgan fingerprint density at radius 2 is 1.41 bits per heavy atom. The number of rotatable bonds is 0. The van der Waals surface area contributed by atoms with Crippen LogP contribution >= 0.6 is 0 Å². The van der Waals surface area contributed by atoms with Crippen molar-refractivity contribution in [2.45, 2.75) is 74.7 Å². The second kappa shape index (κ2) is 3.83. The van der Waals surface area contributed by atoms with Crippen LogP contribution in [0.15, 0.2) is 0 Å². The number of Topliss-reactive ketones (excluding diaryl/α,β-unsaturated/α-hetero) is 1. The Bertz CT molecular complexity index is 317. The molecule has 1 atom stereocenters. The molecular weight excluding hydrogens is 208 g/mol. The van der Waals surface area contributed by atoms with Gasteiger partial charge in [0.25, 0.3) is 0 Å². The van der Waals surface area contributed by atoms with Crippen molar-refractivity contribution >= 4 is 5.78 Å². The van der Waals surface area contributed by atoms with Gasteiger partial charge in [-0.05, 0) is 29.1 Å². The number of hydrogen-bond acceptors (Lipinski definition) is 1. The smallest absolute Gasteiger partial charge is 0.140 e. The van der Waals surface area contributed by atoms with Crippen molar-refractivity contribution in [1.29, 1.82) is 0 Å². The summed E-state index contributed by atoms with van der Waals surface area (Å²) in [5, 5.41) is 0. The van der Waals surface area contributed by atoms with Crippen LogP contribution in [-0.2, 0) is 4.79 Å². The molecule has 1 aliphatic rings. The van der Waals surface area contributed by atoms with E-state index >= 15 is 0 Å². The Balaban J connectivity index is 3.30. The summed E-state index contributed by atoms with van der Waals surface area (Å²) in [6, 6.07) is 0. The van der Waals surface area contributed by atoms with Gasteiger partial charge < -0.3 is 0 Å².